The highest BCUT2D eigenvalue weighted by atomic mass is 127. The Morgan fingerprint density at radius 2 is 1.92 bits per heavy atom. The molecule has 1 aliphatic carbocycles. The largest absolute Gasteiger partial charge is 0.493 e. The van der Waals surface area contributed by atoms with Gasteiger partial charge in [0.1, 0.15) is 0 Å². The zero-order valence-electron chi connectivity index (χ0n) is 14.6. The van der Waals surface area contributed by atoms with Crippen molar-refractivity contribution in [2.45, 2.75) is 25.7 Å². The van der Waals surface area contributed by atoms with Crippen LogP contribution in [0.4, 0.5) is 5.69 Å². The van der Waals surface area contributed by atoms with Crippen molar-refractivity contribution in [3.63, 3.8) is 0 Å². The van der Waals surface area contributed by atoms with Crippen molar-refractivity contribution in [3.8, 4) is 11.5 Å². The zero-order valence-corrected chi connectivity index (χ0v) is 17.0. The van der Waals surface area contributed by atoms with Crippen molar-refractivity contribution in [2.75, 3.05) is 39.8 Å². The summed E-state index contributed by atoms with van der Waals surface area (Å²) in [6.45, 7) is 1.51. The molecular formula is C17H28IN3O3. The molecule has 1 aliphatic rings. The first-order valence-corrected chi connectivity index (χ1v) is 7.90. The minimum absolute atomic E-state index is 0. The normalized spacial score (nSPS) is 15.9. The molecule has 0 radical (unpaired) electrons. The third-order valence-electron chi connectivity index (χ3n) is 4.49. The van der Waals surface area contributed by atoms with Gasteiger partial charge in [-0.05, 0) is 36.8 Å². The van der Waals surface area contributed by atoms with Gasteiger partial charge in [0.05, 0.1) is 14.2 Å². The summed E-state index contributed by atoms with van der Waals surface area (Å²) in [6, 6.07) is 5.56. The van der Waals surface area contributed by atoms with Gasteiger partial charge in [-0.3, -0.25) is 4.99 Å². The van der Waals surface area contributed by atoms with Gasteiger partial charge in [-0.15, -0.1) is 24.0 Å². The Kier molecular flexibility index (Phi) is 8.61. The van der Waals surface area contributed by atoms with Gasteiger partial charge in [0.25, 0.3) is 0 Å². The predicted octanol–water partition coefficient (Wildman–Crippen LogP) is 3.26. The molecule has 1 fully saturated rings. The van der Waals surface area contributed by atoms with E-state index in [1.54, 1.807) is 21.3 Å². The molecule has 0 spiro atoms. The number of aliphatic imine (C=N–C) groups is 1. The number of ether oxygens (including phenoxy) is 3. The van der Waals surface area contributed by atoms with E-state index < -0.39 is 0 Å². The van der Waals surface area contributed by atoms with Gasteiger partial charge in [-0.2, -0.15) is 0 Å². The topological polar surface area (TPSA) is 78.1 Å². The first-order chi connectivity index (χ1) is 11.1. The Hall–Kier alpha value is -1.22. The standard InChI is InChI=1S/C17H27N3O3.HI/c1-21-10-9-17(7-4-8-17)12-19-16(18)20-13-5-6-14(22-2)15(11-13)23-3;/h5-6,11H,4,7-10,12H2,1-3H3,(H3,18,19,20);1H. The molecular weight excluding hydrogens is 421 g/mol. The molecule has 6 nitrogen and oxygen atoms in total. The monoisotopic (exact) mass is 449 g/mol. The Morgan fingerprint density at radius 3 is 2.46 bits per heavy atom. The highest BCUT2D eigenvalue weighted by Crippen LogP contribution is 2.44. The summed E-state index contributed by atoms with van der Waals surface area (Å²) in [5, 5.41) is 3.11. The van der Waals surface area contributed by atoms with Gasteiger partial charge in [0.15, 0.2) is 17.5 Å². The van der Waals surface area contributed by atoms with Crippen molar-refractivity contribution in [1.29, 1.82) is 0 Å². The molecule has 0 atom stereocenters. The molecule has 0 aliphatic heterocycles. The summed E-state index contributed by atoms with van der Waals surface area (Å²) in [4.78, 5) is 4.52. The maximum Gasteiger partial charge on any atom is 0.193 e. The van der Waals surface area contributed by atoms with Crippen LogP contribution in [0.5, 0.6) is 11.5 Å². The smallest absolute Gasteiger partial charge is 0.193 e. The molecule has 3 N–H and O–H groups in total. The summed E-state index contributed by atoms with van der Waals surface area (Å²) in [5.41, 5.74) is 7.10. The number of halogens is 1. The molecule has 1 aromatic rings. The van der Waals surface area contributed by atoms with Crippen molar-refractivity contribution in [3.05, 3.63) is 18.2 Å². The fourth-order valence-corrected chi connectivity index (χ4v) is 2.84. The number of nitrogens with one attached hydrogen (secondary N) is 1. The molecule has 24 heavy (non-hydrogen) atoms. The lowest BCUT2D eigenvalue weighted by Crippen LogP contribution is -2.35. The molecule has 0 unspecified atom stereocenters. The molecule has 7 heteroatoms. The molecule has 136 valence electrons. The number of rotatable bonds is 8. The van der Waals surface area contributed by atoms with Gasteiger partial charge < -0.3 is 25.3 Å². The van der Waals surface area contributed by atoms with Crippen LogP contribution >= 0.6 is 24.0 Å². The minimum Gasteiger partial charge on any atom is -0.493 e. The van der Waals surface area contributed by atoms with Gasteiger partial charge in [-0.25, -0.2) is 0 Å². The van der Waals surface area contributed by atoms with Crippen LogP contribution < -0.4 is 20.5 Å². The van der Waals surface area contributed by atoms with Crippen LogP contribution in [-0.4, -0.2) is 40.4 Å². The maximum absolute atomic E-state index is 6.02. The van der Waals surface area contributed by atoms with Crippen LogP contribution in [0.15, 0.2) is 23.2 Å². The number of nitrogens with two attached hydrogens (primary N) is 1. The molecule has 0 aromatic heterocycles. The van der Waals surface area contributed by atoms with Crippen LogP contribution in [0.25, 0.3) is 0 Å². The second kappa shape index (κ2) is 9.93. The Morgan fingerprint density at radius 1 is 1.21 bits per heavy atom. The average Bonchev–Trinajstić information content (AvgIpc) is 2.53. The quantitative estimate of drug-likeness (QED) is 0.362. The van der Waals surface area contributed by atoms with E-state index in [2.05, 4.69) is 10.3 Å². The fourth-order valence-electron chi connectivity index (χ4n) is 2.84. The molecule has 0 bridgehead atoms. The number of benzene rings is 1. The van der Waals surface area contributed by atoms with Crippen LogP contribution in [0.2, 0.25) is 0 Å². The van der Waals surface area contributed by atoms with Crippen molar-refractivity contribution in [1.82, 2.24) is 0 Å². The van der Waals surface area contributed by atoms with Crippen LogP contribution in [0, 0.1) is 5.41 Å². The predicted molar refractivity (Wildman–Crippen MR) is 108 cm³/mol. The SMILES string of the molecule is COCCC1(CN=C(N)Nc2ccc(OC)c(OC)c2)CCC1.I. The summed E-state index contributed by atoms with van der Waals surface area (Å²) < 4.78 is 15.7. The van der Waals surface area contributed by atoms with Crippen molar-refractivity contribution >= 4 is 35.6 Å². The van der Waals surface area contributed by atoms with Gasteiger partial charge in [0.2, 0.25) is 0 Å². The van der Waals surface area contributed by atoms with E-state index >= 15 is 0 Å². The van der Waals surface area contributed by atoms with E-state index in [-0.39, 0.29) is 29.4 Å². The van der Waals surface area contributed by atoms with E-state index in [1.165, 1.54) is 19.3 Å². The molecule has 0 amide bonds. The first kappa shape index (κ1) is 20.8. The van der Waals surface area contributed by atoms with E-state index in [9.17, 15) is 0 Å². The average molecular weight is 449 g/mol. The Labute approximate surface area is 161 Å². The van der Waals surface area contributed by atoms with Gasteiger partial charge in [0, 0.05) is 32.0 Å². The van der Waals surface area contributed by atoms with E-state index in [0.29, 0.717) is 17.5 Å². The molecule has 0 saturated heterocycles. The highest BCUT2D eigenvalue weighted by Gasteiger charge is 2.36. The van der Waals surface area contributed by atoms with Crippen LogP contribution in [0.3, 0.4) is 0 Å². The van der Waals surface area contributed by atoms with E-state index in [1.807, 2.05) is 18.2 Å². The third kappa shape index (κ3) is 5.41. The second-order valence-electron chi connectivity index (χ2n) is 5.99. The van der Waals surface area contributed by atoms with Gasteiger partial charge >= 0.3 is 0 Å². The molecule has 2 rings (SSSR count). The van der Waals surface area contributed by atoms with Crippen LogP contribution in [0.1, 0.15) is 25.7 Å². The number of methoxy groups -OCH3 is 3. The summed E-state index contributed by atoms with van der Waals surface area (Å²) >= 11 is 0. The third-order valence-corrected chi connectivity index (χ3v) is 4.49. The fraction of sp³-hybridized carbons (Fsp3) is 0.588. The highest BCUT2D eigenvalue weighted by molar-refractivity contribution is 14.0. The van der Waals surface area contributed by atoms with E-state index in [0.717, 1.165) is 25.3 Å². The summed E-state index contributed by atoms with van der Waals surface area (Å²) in [6.07, 6.45) is 4.70. The van der Waals surface area contributed by atoms with Crippen LogP contribution in [-0.2, 0) is 4.74 Å². The molecule has 0 heterocycles. The van der Waals surface area contributed by atoms with E-state index in [4.69, 9.17) is 19.9 Å². The lowest BCUT2D eigenvalue weighted by molar-refractivity contribution is 0.0780. The number of hydrogen-bond acceptors (Lipinski definition) is 4. The Bertz CT molecular complexity index is 548. The lowest BCUT2D eigenvalue weighted by Gasteiger charge is -2.40. The zero-order chi connectivity index (χ0) is 16.7. The summed E-state index contributed by atoms with van der Waals surface area (Å²) in [5.74, 6) is 1.75. The number of anilines is 1. The number of guanidine groups is 1. The van der Waals surface area contributed by atoms with Crippen molar-refractivity contribution < 1.29 is 14.2 Å². The molecule has 1 saturated carbocycles. The first-order valence-electron chi connectivity index (χ1n) is 7.90. The van der Waals surface area contributed by atoms with Gasteiger partial charge in [-0.1, -0.05) is 6.42 Å². The Balaban J connectivity index is 0.00000288. The number of hydrogen-bond donors (Lipinski definition) is 2. The lowest BCUT2D eigenvalue weighted by atomic mass is 9.67. The summed E-state index contributed by atoms with van der Waals surface area (Å²) in [7, 11) is 4.96. The van der Waals surface area contributed by atoms with Crippen molar-refractivity contribution in [2.24, 2.45) is 16.1 Å². The minimum atomic E-state index is 0. The molecule has 1 aromatic carbocycles. The number of nitrogens with zero attached hydrogens (tertiary/aromatic N) is 1. The maximum atomic E-state index is 6.02. The second-order valence-corrected chi connectivity index (χ2v) is 5.99.